The molecule has 0 spiro atoms. The average molecular weight is 306 g/mol. The van der Waals surface area contributed by atoms with E-state index in [1.54, 1.807) is 39.0 Å². The summed E-state index contributed by atoms with van der Waals surface area (Å²) in [7, 11) is -2.07. The van der Waals surface area contributed by atoms with Crippen LogP contribution in [0.3, 0.4) is 0 Å². The standard InChI is InChI=1S/C12H20ClN3O2S/c1-12(2,3)15-19(17,18)16(4)8-9-7-10(14)5-6-11(9)13/h5-7,15H,8,14H2,1-4H3. The number of nitrogens with two attached hydrogens (primary N) is 1. The monoisotopic (exact) mass is 305 g/mol. The Morgan fingerprint density at radius 1 is 1.37 bits per heavy atom. The van der Waals surface area contributed by atoms with Gasteiger partial charge in [0.2, 0.25) is 0 Å². The van der Waals surface area contributed by atoms with Gasteiger partial charge in [-0.1, -0.05) is 11.6 Å². The Hall–Kier alpha value is -0.820. The van der Waals surface area contributed by atoms with Crippen LogP contribution in [0.5, 0.6) is 0 Å². The molecule has 0 radical (unpaired) electrons. The molecule has 1 rings (SSSR count). The van der Waals surface area contributed by atoms with Crippen LogP contribution in [-0.4, -0.2) is 25.3 Å². The molecule has 0 saturated carbocycles. The zero-order valence-corrected chi connectivity index (χ0v) is 13.1. The lowest BCUT2D eigenvalue weighted by Crippen LogP contribution is -2.47. The van der Waals surface area contributed by atoms with Crippen molar-refractivity contribution in [1.29, 1.82) is 0 Å². The van der Waals surface area contributed by atoms with Gasteiger partial charge in [0.1, 0.15) is 0 Å². The SMILES string of the molecule is CN(Cc1cc(N)ccc1Cl)S(=O)(=O)NC(C)(C)C. The molecule has 1 aromatic carbocycles. The fourth-order valence-corrected chi connectivity index (χ4v) is 2.92. The molecule has 19 heavy (non-hydrogen) atoms. The summed E-state index contributed by atoms with van der Waals surface area (Å²) in [4.78, 5) is 0. The molecule has 1 aromatic rings. The van der Waals surface area contributed by atoms with Crippen LogP contribution >= 0.6 is 11.6 Å². The lowest BCUT2D eigenvalue weighted by atomic mass is 10.1. The van der Waals surface area contributed by atoms with E-state index in [9.17, 15) is 8.42 Å². The summed E-state index contributed by atoms with van der Waals surface area (Å²) in [6.07, 6.45) is 0. The number of hydrogen-bond acceptors (Lipinski definition) is 3. The Kier molecular flexibility index (Phi) is 4.84. The van der Waals surface area contributed by atoms with Gasteiger partial charge in [0, 0.05) is 29.8 Å². The summed E-state index contributed by atoms with van der Waals surface area (Å²) >= 11 is 6.03. The van der Waals surface area contributed by atoms with Crippen LogP contribution in [-0.2, 0) is 16.8 Å². The fraction of sp³-hybridized carbons (Fsp3) is 0.500. The van der Waals surface area contributed by atoms with Gasteiger partial charge in [0.05, 0.1) is 0 Å². The third-order valence-electron chi connectivity index (χ3n) is 2.31. The van der Waals surface area contributed by atoms with Gasteiger partial charge in [-0.2, -0.15) is 17.4 Å². The van der Waals surface area contributed by atoms with Gasteiger partial charge in [-0.25, -0.2) is 0 Å². The maximum Gasteiger partial charge on any atom is 0.279 e. The minimum atomic E-state index is -3.56. The third-order valence-corrected chi connectivity index (χ3v) is 4.50. The highest BCUT2D eigenvalue weighted by molar-refractivity contribution is 7.87. The van der Waals surface area contributed by atoms with Crippen LogP contribution in [0, 0.1) is 0 Å². The second kappa shape index (κ2) is 5.66. The van der Waals surface area contributed by atoms with Crippen LogP contribution in [0.15, 0.2) is 18.2 Å². The number of halogens is 1. The summed E-state index contributed by atoms with van der Waals surface area (Å²) in [5, 5.41) is 0.493. The largest absolute Gasteiger partial charge is 0.399 e. The van der Waals surface area contributed by atoms with E-state index in [-0.39, 0.29) is 6.54 Å². The highest BCUT2D eigenvalue weighted by atomic mass is 35.5. The quantitative estimate of drug-likeness (QED) is 0.835. The van der Waals surface area contributed by atoms with Gasteiger partial charge in [-0.15, -0.1) is 0 Å². The predicted octanol–water partition coefficient (Wildman–Crippen LogP) is 1.99. The van der Waals surface area contributed by atoms with Crippen LogP contribution in [0.1, 0.15) is 26.3 Å². The molecule has 0 saturated heterocycles. The summed E-state index contributed by atoms with van der Waals surface area (Å²) in [6, 6.07) is 5.00. The van der Waals surface area contributed by atoms with E-state index in [1.165, 1.54) is 11.4 Å². The van der Waals surface area contributed by atoms with Gasteiger partial charge in [-0.3, -0.25) is 0 Å². The lowest BCUT2D eigenvalue weighted by Gasteiger charge is -2.25. The number of nitrogens with zero attached hydrogens (tertiary/aromatic N) is 1. The molecule has 0 aliphatic carbocycles. The first-order valence-electron chi connectivity index (χ1n) is 5.80. The van der Waals surface area contributed by atoms with Gasteiger partial charge in [0.25, 0.3) is 10.2 Å². The average Bonchev–Trinajstić information content (AvgIpc) is 2.20. The molecular weight excluding hydrogens is 286 g/mol. The molecule has 0 unspecified atom stereocenters. The lowest BCUT2D eigenvalue weighted by molar-refractivity contribution is 0.421. The normalized spacial score (nSPS) is 12.9. The van der Waals surface area contributed by atoms with Gasteiger partial charge in [0.15, 0.2) is 0 Å². The van der Waals surface area contributed by atoms with Crippen molar-refractivity contribution in [3.63, 3.8) is 0 Å². The highest BCUT2D eigenvalue weighted by Gasteiger charge is 2.24. The summed E-state index contributed by atoms with van der Waals surface area (Å²) in [6.45, 7) is 5.51. The van der Waals surface area contributed by atoms with E-state index in [1.807, 2.05) is 0 Å². The Morgan fingerprint density at radius 2 is 1.95 bits per heavy atom. The number of benzene rings is 1. The Bertz CT molecular complexity index is 553. The van der Waals surface area contributed by atoms with E-state index >= 15 is 0 Å². The van der Waals surface area contributed by atoms with E-state index in [0.29, 0.717) is 16.3 Å². The Balaban J connectivity index is 2.90. The first-order valence-corrected chi connectivity index (χ1v) is 7.62. The molecule has 0 amide bonds. The first kappa shape index (κ1) is 16.2. The van der Waals surface area contributed by atoms with E-state index in [4.69, 9.17) is 17.3 Å². The minimum absolute atomic E-state index is 0.162. The molecule has 0 fully saturated rings. The topological polar surface area (TPSA) is 75.4 Å². The van der Waals surface area contributed by atoms with Gasteiger partial charge >= 0.3 is 0 Å². The van der Waals surface area contributed by atoms with E-state index in [2.05, 4.69) is 4.72 Å². The molecule has 0 heterocycles. The number of rotatable bonds is 4. The van der Waals surface area contributed by atoms with Crippen LogP contribution in [0.25, 0.3) is 0 Å². The van der Waals surface area contributed by atoms with Gasteiger partial charge in [-0.05, 0) is 44.5 Å². The molecular formula is C12H20ClN3O2S. The van der Waals surface area contributed by atoms with Crippen molar-refractivity contribution in [2.75, 3.05) is 12.8 Å². The predicted molar refractivity (Wildman–Crippen MR) is 79.1 cm³/mol. The third kappa shape index (κ3) is 4.99. The van der Waals surface area contributed by atoms with E-state index < -0.39 is 15.7 Å². The molecule has 3 N–H and O–H groups in total. The van der Waals surface area contributed by atoms with Crippen molar-refractivity contribution in [2.24, 2.45) is 0 Å². The van der Waals surface area contributed by atoms with Crippen molar-refractivity contribution in [3.8, 4) is 0 Å². The Morgan fingerprint density at radius 3 is 2.47 bits per heavy atom. The number of nitrogen functional groups attached to an aromatic ring is 1. The van der Waals surface area contributed by atoms with Crippen molar-refractivity contribution in [3.05, 3.63) is 28.8 Å². The zero-order chi connectivity index (χ0) is 14.8. The molecule has 0 aliphatic heterocycles. The summed E-state index contributed by atoms with van der Waals surface area (Å²) in [5.41, 5.74) is 6.36. The molecule has 108 valence electrons. The second-order valence-corrected chi connectivity index (χ2v) is 7.65. The van der Waals surface area contributed by atoms with Crippen LogP contribution in [0.4, 0.5) is 5.69 Å². The first-order chi connectivity index (χ1) is 8.51. The Labute approximate surface area is 119 Å². The maximum absolute atomic E-state index is 12.1. The van der Waals surface area contributed by atoms with Crippen molar-refractivity contribution >= 4 is 27.5 Å². The number of nitrogens with one attached hydrogen (secondary N) is 1. The van der Waals surface area contributed by atoms with Crippen molar-refractivity contribution in [2.45, 2.75) is 32.9 Å². The smallest absolute Gasteiger partial charge is 0.279 e. The molecule has 5 nitrogen and oxygen atoms in total. The zero-order valence-electron chi connectivity index (χ0n) is 11.6. The van der Waals surface area contributed by atoms with Crippen molar-refractivity contribution in [1.82, 2.24) is 9.03 Å². The van der Waals surface area contributed by atoms with Crippen LogP contribution < -0.4 is 10.5 Å². The molecule has 0 aliphatic rings. The van der Waals surface area contributed by atoms with Crippen molar-refractivity contribution < 1.29 is 8.42 Å². The maximum atomic E-state index is 12.1. The summed E-state index contributed by atoms with van der Waals surface area (Å²) < 4.78 is 28.0. The minimum Gasteiger partial charge on any atom is -0.399 e. The number of hydrogen-bond donors (Lipinski definition) is 2. The number of anilines is 1. The van der Waals surface area contributed by atoms with Crippen LogP contribution in [0.2, 0.25) is 5.02 Å². The highest BCUT2D eigenvalue weighted by Crippen LogP contribution is 2.21. The van der Waals surface area contributed by atoms with E-state index in [0.717, 1.165) is 0 Å². The fourth-order valence-electron chi connectivity index (χ4n) is 1.51. The summed E-state index contributed by atoms with van der Waals surface area (Å²) in [5.74, 6) is 0. The van der Waals surface area contributed by atoms with Gasteiger partial charge < -0.3 is 5.73 Å². The molecule has 0 bridgehead atoms. The second-order valence-electron chi connectivity index (χ2n) is 5.46. The molecule has 7 heteroatoms. The molecule has 0 aromatic heterocycles. The molecule has 0 atom stereocenters.